The molecule has 0 heterocycles. The Kier molecular flexibility index (Phi) is 4.91. The summed E-state index contributed by atoms with van der Waals surface area (Å²) >= 11 is 0. The number of nitrogens with zero attached hydrogens (tertiary/aromatic N) is 1. The summed E-state index contributed by atoms with van der Waals surface area (Å²) in [5.74, 6) is -0.451. The van der Waals surface area contributed by atoms with Crippen LogP contribution in [0.25, 0.3) is 33.0 Å². The fraction of sp³-hybridized carbons (Fsp3) is 0.115. The van der Waals surface area contributed by atoms with Crippen LogP contribution in [0.5, 0.6) is 0 Å². The summed E-state index contributed by atoms with van der Waals surface area (Å²) in [5.41, 5.74) is 5.94. The van der Waals surface area contributed by atoms with Gasteiger partial charge in [-0.2, -0.15) is 5.26 Å². The fourth-order valence-corrected chi connectivity index (χ4v) is 3.57. The summed E-state index contributed by atoms with van der Waals surface area (Å²) in [5, 5.41) is 10.3. The third kappa shape index (κ3) is 3.40. The Morgan fingerprint density at radius 1 is 0.750 bits per heavy atom. The number of hydrogen-bond acceptors (Lipinski definition) is 1. The second-order valence-electron chi connectivity index (χ2n) is 7.00. The van der Waals surface area contributed by atoms with Crippen molar-refractivity contribution in [2.24, 2.45) is 0 Å². The van der Waals surface area contributed by atoms with Crippen LogP contribution in [0.3, 0.4) is 0 Å². The number of rotatable bonds is 4. The van der Waals surface area contributed by atoms with Gasteiger partial charge in [-0.3, -0.25) is 0 Å². The highest BCUT2D eigenvalue weighted by molar-refractivity contribution is 5.89. The molecule has 0 atom stereocenters. The van der Waals surface area contributed by atoms with E-state index in [4.69, 9.17) is 5.26 Å². The lowest BCUT2D eigenvalue weighted by Crippen LogP contribution is -1.87. The van der Waals surface area contributed by atoms with Crippen molar-refractivity contribution < 1.29 is 4.39 Å². The van der Waals surface area contributed by atoms with Gasteiger partial charge in [-0.25, -0.2) is 4.39 Å². The molecule has 0 fully saturated rings. The van der Waals surface area contributed by atoms with E-state index in [-0.39, 0.29) is 5.56 Å². The van der Waals surface area contributed by atoms with Crippen molar-refractivity contribution in [3.63, 3.8) is 0 Å². The Bertz CT molecular complexity index is 1170. The molecule has 0 radical (unpaired) electrons. The summed E-state index contributed by atoms with van der Waals surface area (Å²) in [4.78, 5) is 0. The van der Waals surface area contributed by atoms with Crippen LogP contribution in [0, 0.1) is 17.1 Å². The molecule has 0 saturated heterocycles. The van der Waals surface area contributed by atoms with Crippen LogP contribution in [-0.2, 0) is 6.42 Å². The van der Waals surface area contributed by atoms with E-state index in [0.717, 1.165) is 29.4 Å². The summed E-state index contributed by atoms with van der Waals surface area (Å²) in [7, 11) is 0. The topological polar surface area (TPSA) is 23.8 Å². The van der Waals surface area contributed by atoms with E-state index in [2.05, 4.69) is 55.5 Å². The minimum absolute atomic E-state index is 0.0783. The zero-order chi connectivity index (χ0) is 19.5. The van der Waals surface area contributed by atoms with E-state index in [0.29, 0.717) is 5.39 Å². The van der Waals surface area contributed by atoms with Gasteiger partial charge < -0.3 is 0 Å². The molecule has 0 saturated carbocycles. The monoisotopic (exact) mass is 365 g/mol. The van der Waals surface area contributed by atoms with Gasteiger partial charge in [0, 0.05) is 5.39 Å². The predicted octanol–water partition coefficient (Wildman–Crippen LogP) is 7.14. The van der Waals surface area contributed by atoms with Crippen LogP contribution in [0.1, 0.15) is 24.5 Å². The van der Waals surface area contributed by atoms with Crippen molar-refractivity contribution in [1.82, 2.24) is 0 Å². The molecule has 0 aliphatic rings. The number of benzene rings is 4. The molecule has 0 bridgehead atoms. The van der Waals surface area contributed by atoms with E-state index in [1.165, 1.54) is 22.8 Å². The number of hydrogen-bond donors (Lipinski definition) is 0. The van der Waals surface area contributed by atoms with E-state index in [1.807, 2.05) is 18.2 Å². The first-order valence-corrected chi connectivity index (χ1v) is 9.51. The summed E-state index contributed by atoms with van der Waals surface area (Å²) in [6.45, 7) is 2.19. The molecule has 0 unspecified atom stereocenters. The van der Waals surface area contributed by atoms with Gasteiger partial charge in [0.05, 0.1) is 5.56 Å². The van der Waals surface area contributed by atoms with E-state index in [9.17, 15) is 4.39 Å². The quantitative estimate of drug-likeness (QED) is 0.377. The van der Waals surface area contributed by atoms with E-state index >= 15 is 0 Å². The van der Waals surface area contributed by atoms with Crippen LogP contribution in [-0.4, -0.2) is 0 Å². The van der Waals surface area contributed by atoms with Crippen molar-refractivity contribution >= 4 is 10.8 Å². The fourth-order valence-electron chi connectivity index (χ4n) is 3.57. The second-order valence-corrected chi connectivity index (χ2v) is 7.00. The van der Waals surface area contributed by atoms with E-state index in [1.54, 1.807) is 12.1 Å². The first-order valence-electron chi connectivity index (χ1n) is 9.51. The molecule has 0 spiro atoms. The Balaban J connectivity index is 1.64. The number of fused-ring (bicyclic) bond motifs is 1. The van der Waals surface area contributed by atoms with Gasteiger partial charge in [-0.05, 0) is 51.8 Å². The van der Waals surface area contributed by atoms with Crippen molar-refractivity contribution in [1.29, 1.82) is 5.26 Å². The predicted molar refractivity (Wildman–Crippen MR) is 113 cm³/mol. The lowest BCUT2D eigenvalue weighted by atomic mass is 9.97. The van der Waals surface area contributed by atoms with Crippen LogP contribution in [0.15, 0.2) is 78.9 Å². The minimum atomic E-state index is -0.451. The molecule has 0 aliphatic carbocycles. The maximum Gasteiger partial charge on any atom is 0.148 e. The summed E-state index contributed by atoms with van der Waals surface area (Å²) < 4.78 is 14.3. The molecule has 0 N–H and O–H groups in total. The van der Waals surface area contributed by atoms with Crippen LogP contribution < -0.4 is 0 Å². The smallest absolute Gasteiger partial charge is 0.148 e. The van der Waals surface area contributed by atoms with Gasteiger partial charge in [-0.15, -0.1) is 0 Å². The van der Waals surface area contributed by atoms with Gasteiger partial charge in [-0.1, -0.05) is 80.1 Å². The molecule has 0 aliphatic heterocycles. The van der Waals surface area contributed by atoms with Gasteiger partial charge in [0.1, 0.15) is 11.9 Å². The van der Waals surface area contributed by atoms with Gasteiger partial charge in [0.2, 0.25) is 0 Å². The Labute approximate surface area is 164 Å². The van der Waals surface area contributed by atoms with Crippen molar-refractivity contribution in [3.05, 3.63) is 95.8 Å². The van der Waals surface area contributed by atoms with Gasteiger partial charge >= 0.3 is 0 Å². The molecule has 4 aromatic rings. The zero-order valence-electron chi connectivity index (χ0n) is 15.7. The van der Waals surface area contributed by atoms with Crippen molar-refractivity contribution in [2.45, 2.75) is 19.8 Å². The van der Waals surface area contributed by atoms with Crippen molar-refractivity contribution in [3.8, 4) is 28.3 Å². The first-order chi connectivity index (χ1) is 13.7. The highest BCUT2D eigenvalue weighted by Gasteiger charge is 2.08. The van der Waals surface area contributed by atoms with Gasteiger partial charge in [0.25, 0.3) is 0 Å². The molecule has 0 amide bonds. The molecule has 2 heteroatoms. The standard InChI is InChI=1S/C26H20FN/c1-2-3-18-4-6-19(7-5-18)20-8-10-21(11-9-20)22-14-15-25-23(16-22)12-13-24(17-28)26(25)27/h4-16H,2-3H2,1H3. The highest BCUT2D eigenvalue weighted by atomic mass is 19.1. The van der Waals surface area contributed by atoms with Gasteiger partial charge in [0.15, 0.2) is 0 Å². The molecule has 136 valence electrons. The highest BCUT2D eigenvalue weighted by Crippen LogP contribution is 2.29. The maximum atomic E-state index is 14.3. The molecule has 4 aromatic carbocycles. The molecule has 4 rings (SSSR count). The number of halogens is 1. The average Bonchev–Trinajstić information content (AvgIpc) is 2.75. The molecule has 28 heavy (non-hydrogen) atoms. The lowest BCUT2D eigenvalue weighted by molar-refractivity contribution is 0.636. The molecular formula is C26H20FN. The third-order valence-corrected chi connectivity index (χ3v) is 5.12. The van der Waals surface area contributed by atoms with Crippen molar-refractivity contribution in [2.75, 3.05) is 0 Å². The normalized spacial score (nSPS) is 10.8. The molecular weight excluding hydrogens is 345 g/mol. The lowest BCUT2D eigenvalue weighted by Gasteiger charge is -2.08. The largest absolute Gasteiger partial charge is 0.205 e. The third-order valence-electron chi connectivity index (χ3n) is 5.12. The van der Waals surface area contributed by atoms with Crippen LogP contribution >= 0.6 is 0 Å². The minimum Gasteiger partial charge on any atom is -0.205 e. The Morgan fingerprint density at radius 2 is 1.32 bits per heavy atom. The SMILES string of the molecule is CCCc1ccc(-c2ccc(-c3ccc4c(F)c(C#N)ccc4c3)cc2)cc1. The summed E-state index contributed by atoms with van der Waals surface area (Å²) in [6.07, 6.45) is 2.26. The van der Waals surface area contributed by atoms with Crippen LogP contribution in [0.2, 0.25) is 0 Å². The number of aryl methyl sites for hydroxylation is 1. The van der Waals surface area contributed by atoms with E-state index < -0.39 is 5.82 Å². The molecule has 0 aromatic heterocycles. The average molecular weight is 365 g/mol. The Morgan fingerprint density at radius 3 is 1.93 bits per heavy atom. The second kappa shape index (κ2) is 7.66. The van der Waals surface area contributed by atoms with Crippen LogP contribution in [0.4, 0.5) is 4.39 Å². The Hall–Kier alpha value is -3.44. The number of nitriles is 1. The summed E-state index contributed by atoms with van der Waals surface area (Å²) in [6, 6.07) is 28.0. The first kappa shape index (κ1) is 17.9. The maximum absolute atomic E-state index is 14.3. The molecule has 1 nitrogen and oxygen atoms in total. The zero-order valence-corrected chi connectivity index (χ0v) is 15.7.